The molecule has 3 aliphatic heterocycles. The summed E-state index contributed by atoms with van der Waals surface area (Å²) in [6.07, 6.45) is 3.05. The van der Waals surface area contributed by atoms with Crippen LogP contribution in [0.1, 0.15) is 19.3 Å². The topological polar surface area (TPSA) is 52.7 Å². The molecular weight excluding hydrogens is 274 g/mol. The van der Waals surface area contributed by atoms with Crippen LogP contribution in [0.4, 0.5) is 0 Å². The molecule has 1 N–H and O–H groups in total. The fourth-order valence-electron chi connectivity index (χ4n) is 3.29. The van der Waals surface area contributed by atoms with Crippen LogP contribution in [-0.4, -0.2) is 56.3 Å². The summed E-state index contributed by atoms with van der Waals surface area (Å²) < 4.78 is 28.2. The van der Waals surface area contributed by atoms with Crippen molar-refractivity contribution in [2.24, 2.45) is 11.8 Å². The fourth-order valence-corrected chi connectivity index (χ4v) is 5.06. The summed E-state index contributed by atoms with van der Waals surface area (Å²) in [5.41, 5.74) is 0. The average Bonchev–Trinajstić information content (AvgIpc) is 2.99. The van der Waals surface area contributed by atoms with Gasteiger partial charge in [-0.2, -0.15) is 17.0 Å². The van der Waals surface area contributed by atoms with Gasteiger partial charge >= 0.3 is 0 Å². The van der Waals surface area contributed by atoms with Gasteiger partial charge in [0.2, 0.25) is 0 Å². The van der Waals surface area contributed by atoms with Crippen LogP contribution < -0.4 is 5.32 Å². The monoisotopic (exact) mass is 295 g/mol. The average molecular weight is 296 g/mol. The number of hydrogen-bond donors (Lipinski definition) is 1. The maximum atomic E-state index is 12.4. The highest BCUT2D eigenvalue weighted by atomic mass is 35.5. The Kier molecular flexibility index (Phi) is 4.54. The zero-order valence-electron chi connectivity index (χ0n) is 10.5. The van der Waals surface area contributed by atoms with Gasteiger partial charge in [-0.15, -0.1) is 12.4 Å². The third-order valence-corrected chi connectivity index (χ3v) is 6.39. The first-order chi connectivity index (χ1) is 8.18. The molecule has 0 radical (unpaired) electrons. The van der Waals surface area contributed by atoms with Crippen molar-refractivity contribution in [3.63, 3.8) is 0 Å². The summed E-state index contributed by atoms with van der Waals surface area (Å²) in [5, 5.41) is 3.37. The number of nitrogens with zero attached hydrogens (tertiary/aromatic N) is 2. The molecule has 0 aromatic rings. The van der Waals surface area contributed by atoms with E-state index in [2.05, 4.69) is 5.32 Å². The number of rotatable bonds is 2. The van der Waals surface area contributed by atoms with Crippen molar-refractivity contribution in [3.8, 4) is 0 Å². The van der Waals surface area contributed by atoms with Gasteiger partial charge in [-0.3, -0.25) is 0 Å². The van der Waals surface area contributed by atoms with Gasteiger partial charge in [0.25, 0.3) is 10.2 Å². The maximum absolute atomic E-state index is 12.4. The van der Waals surface area contributed by atoms with Crippen LogP contribution in [0.2, 0.25) is 0 Å². The van der Waals surface area contributed by atoms with Gasteiger partial charge in [0.15, 0.2) is 0 Å². The number of halogens is 1. The Labute approximate surface area is 115 Å². The van der Waals surface area contributed by atoms with Crippen LogP contribution in [0.25, 0.3) is 0 Å². The standard InChI is InChI=1S/C11H21N3O2S.ClH/c15-17(16,13-4-1-2-5-13)14-6-3-10-7-12-8-11(10)9-14;/h10-12H,1-9H2;1H. The van der Waals surface area contributed by atoms with Crippen LogP contribution in [0, 0.1) is 11.8 Å². The van der Waals surface area contributed by atoms with Gasteiger partial charge in [0.05, 0.1) is 0 Å². The third kappa shape index (κ3) is 2.54. The molecule has 0 aliphatic carbocycles. The van der Waals surface area contributed by atoms with Crippen molar-refractivity contribution >= 4 is 22.6 Å². The SMILES string of the molecule is Cl.O=S(=O)(N1CCCC1)N1CCC2CNCC2C1. The lowest BCUT2D eigenvalue weighted by atomic mass is 9.90. The van der Waals surface area contributed by atoms with E-state index in [1.807, 2.05) is 0 Å². The van der Waals surface area contributed by atoms with Crippen molar-refractivity contribution in [3.05, 3.63) is 0 Å². The second-order valence-corrected chi connectivity index (χ2v) is 7.37. The van der Waals surface area contributed by atoms with Crippen LogP contribution in [0.15, 0.2) is 0 Å². The van der Waals surface area contributed by atoms with Crippen LogP contribution in [0.3, 0.4) is 0 Å². The molecule has 2 unspecified atom stereocenters. The van der Waals surface area contributed by atoms with E-state index in [0.29, 0.717) is 31.5 Å². The highest BCUT2D eigenvalue weighted by molar-refractivity contribution is 7.86. The third-order valence-electron chi connectivity index (χ3n) is 4.38. The van der Waals surface area contributed by atoms with Crippen LogP contribution in [0.5, 0.6) is 0 Å². The molecule has 2 atom stereocenters. The van der Waals surface area contributed by atoms with E-state index < -0.39 is 10.2 Å². The molecule has 7 heteroatoms. The van der Waals surface area contributed by atoms with Crippen molar-refractivity contribution in [1.82, 2.24) is 13.9 Å². The highest BCUT2D eigenvalue weighted by Crippen LogP contribution is 2.29. The molecule has 18 heavy (non-hydrogen) atoms. The maximum Gasteiger partial charge on any atom is 0.281 e. The van der Waals surface area contributed by atoms with Gasteiger partial charge in [0, 0.05) is 26.2 Å². The Morgan fingerprint density at radius 2 is 1.61 bits per heavy atom. The minimum absolute atomic E-state index is 0. The molecule has 3 heterocycles. The first-order valence-corrected chi connectivity index (χ1v) is 8.03. The molecule has 3 saturated heterocycles. The molecule has 3 rings (SSSR count). The van der Waals surface area contributed by atoms with E-state index in [4.69, 9.17) is 0 Å². The van der Waals surface area contributed by atoms with Gasteiger partial charge < -0.3 is 5.32 Å². The van der Waals surface area contributed by atoms with E-state index in [-0.39, 0.29) is 12.4 Å². The number of piperidine rings is 1. The zero-order chi connectivity index (χ0) is 11.9. The largest absolute Gasteiger partial charge is 0.316 e. The molecule has 0 bridgehead atoms. The van der Waals surface area contributed by atoms with Gasteiger partial charge in [-0.25, -0.2) is 0 Å². The van der Waals surface area contributed by atoms with Gasteiger partial charge in [-0.05, 0) is 44.2 Å². The lowest BCUT2D eigenvalue weighted by Crippen LogP contribution is -2.49. The molecule has 0 aromatic heterocycles. The summed E-state index contributed by atoms with van der Waals surface area (Å²) in [6, 6.07) is 0. The lowest BCUT2D eigenvalue weighted by Gasteiger charge is -2.35. The highest BCUT2D eigenvalue weighted by Gasteiger charge is 2.39. The predicted molar refractivity (Wildman–Crippen MR) is 73.0 cm³/mol. The quantitative estimate of drug-likeness (QED) is 0.797. The molecular formula is C11H22ClN3O2S. The Morgan fingerprint density at radius 3 is 2.33 bits per heavy atom. The van der Waals surface area contributed by atoms with Crippen molar-refractivity contribution in [1.29, 1.82) is 0 Å². The minimum Gasteiger partial charge on any atom is -0.316 e. The molecule has 106 valence electrons. The van der Waals surface area contributed by atoms with Crippen molar-refractivity contribution in [2.45, 2.75) is 19.3 Å². The molecule has 3 fully saturated rings. The summed E-state index contributed by atoms with van der Waals surface area (Å²) in [5.74, 6) is 1.22. The predicted octanol–water partition coefficient (Wildman–Crippen LogP) is 0.290. The molecule has 0 aromatic carbocycles. The lowest BCUT2D eigenvalue weighted by molar-refractivity contribution is 0.217. The minimum atomic E-state index is -3.16. The Balaban J connectivity index is 0.00000120. The van der Waals surface area contributed by atoms with E-state index in [9.17, 15) is 8.42 Å². The van der Waals surface area contributed by atoms with E-state index in [0.717, 1.165) is 38.9 Å². The smallest absolute Gasteiger partial charge is 0.281 e. The number of nitrogens with one attached hydrogen (secondary N) is 1. The number of fused-ring (bicyclic) bond motifs is 1. The molecule has 0 saturated carbocycles. The normalized spacial score (nSPS) is 34.2. The summed E-state index contributed by atoms with van der Waals surface area (Å²) in [7, 11) is -3.16. The Hall–Kier alpha value is 0.120. The fraction of sp³-hybridized carbons (Fsp3) is 1.00. The van der Waals surface area contributed by atoms with E-state index in [1.165, 1.54) is 0 Å². The summed E-state index contributed by atoms with van der Waals surface area (Å²) >= 11 is 0. The van der Waals surface area contributed by atoms with Crippen LogP contribution in [-0.2, 0) is 10.2 Å². The number of hydrogen-bond acceptors (Lipinski definition) is 3. The second-order valence-electron chi connectivity index (χ2n) is 5.44. The van der Waals surface area contributed by atoms with Crippen LogP contribution >= 0.6 is 12.4 Å². The van der Waals surface area contributed by atoms with E-state index in [1.54, 1.807) is 8.61 Å². The first-order valence-electron chi connectivity index (χ1n) is 6.64. The molecule has 5 nitrogen and oxygen atoms in total. The summed E-state index contributed by atoms with van der Waals surface area (Å²) in [6.45, 7) is 4.91. The summed E-state index contributed by atoms with van der Waals surface area (Å²) in [4.78, 5) is 0. The first kappa shape index (κ1) is 14.5. The van der Waals surface area contributed by atoms with Crippen molar-refractivity contribution < 1.29 is 8.42 Å². The van der Waals surface area contributed by atoms with Gasteiger partial charge in [0.1, 0.15) is 0 Å². The van der Waals surface area contributed by atoms with E-state index >= 15 is 0 Å². The zero-order valence-corrected chi connectivity index (χ0v) is 12.2. The Bertz CT molecular complexity index is 384. The second kappa shape index (κ2) is 5.63. The van der Waals surface area contributed by atoms with Gasteiger partial charge in [-0.1, -0.05) is 0 Å². The van der Waals surface area contributed by atoms with Crippen molar-refractivity contribution in [2.75, 3.05) is 39.3 Å². The Morgan fingerprint density at radius 1 is 0.944 bits per heavy atom. The molecule has 0 amide bonds. The molecule has 3 aliphatic rings. The molecule has 0 spiro atoms.